The molecule has 5 heteroatoms. The molecule has 0 saturated heterocycles. The first kappa shape index (κ1) is 14.5. The number of hydrogen-bond donors (Lipinski definition) is 2. The number of carbonyl (C=O) groups excluding carboxylic acids is 1. The van der Waals surface area contributed by atoms with E-state index in [2.05, 4.69) is 5.32 Å². The Morgan fingerprint density at radius 3 is 2.35 bits per heavy atom. The summed E-state index contributed by atoms with van der Waals surface area (Å²) in [7, 11) is 0. The number of anilines is 1. The van der Waals surface area contributed by atoms with Crippen molar-refractivity contribution in [2.75, 3.05) is 5.32 Å². The van der Waals surface area contributed by atoms with Crippen LogP contribution in [0.4, 0.5) is 10.1 Å². The molecule has 0 atom stereocenters. The molecule has 1 aliphatic rings. The third-order valence-corrected chi connectivity index (χ3v) is 3.70. The van der Waals surface area contributed by atoms with Crippen molar-refractivity contribution in [3.63, 3.8) is 0 Å². The number of amides is 1. The number of carboxylic acid groups (broad SMARTS) is 1. The fourth-order valence-corrected chi connectivity index (χ4v) is 2.53. The highest BCUT2D eigenvalue weighted by atomic mass is 19.1. The second-order valence-electron chi connectivity index (χ2n) is 5.18. The fourth-order valence-electron chi connectivity index (χ4n) is 2.53. The highest BCUT2D eigenvalue weighted by molar-refractivity contribution is 5.94. The molecule has 0 radical (unpaired) electrons. The van der Waals surface area contributed by atoms with Crippen molar-refractivity contribution in [1.82, 2.24) is 0 Å². The lowest BCUT2D eigenvalue weighted by molar-refractivity contribution is -0.120. The maximum absolute atomic E-state index is 13.7. The number of carbonyl (C=O) groups is 2. The van der Waals surface area contributed by atoms with Crippen LogP contribution in [0.3, 0.4) is 0 Å². The molecule has 1 saturated carbocycles. The summed E-state index contributed by atoms with van der Waals surface area (Å²) in [5, 5.41) is 11.3. The average Bonchev–Trinajstić information content (AvgIpc) is 2.69. The molecule has 1 aromatic carbocycles. The van der Waals surface area contributed by atoms with Crippen molar-refractivity contribution in [2.24, 2.45) is 5.92 Å². The second-order valence-corrected chi connectivity index (χ2v) is 5.18. The molecule has 1 aliphatic carbocycles. The van der Waals surface area contributed by atoms with Crippen LogP contribution >= 0.6 is 0 Å². The molecular weight excluding hydrogens is 261 g/mol. The van der Waals surface area contributed by atoms with Crippen molar-refractivity contribution in [2.45, 2.75) is 38.5 Å². The van der Waals surface area contributed by atoms with E-state index in [0.29, 0.717) is 0 Å². The molecule has 0 aliphatic heterocycles. The molecule has 0 spiro atoms. The number of halogens is 1. The van der Waals surface area contributed by atoms with Crippen LogP contribution in [0.1, 0.15) is 48.9 Å². The minimum absolute atomic E-state index is 0.0456. The molecule has 1 aromatic rings. The first-order chi connectivity index (χ1) is 9.58. The van der Waals surface area contributed by atoms with E-state index >= 15 is 0 Å². The van der Waals surface area contributed by atoms with E-state index in [0.717, 1.165) is 44.6 Å². The number of benzene rings is 1. The van der Waals surface area contributed by atoms with Gasteiger partial charge in [-0.05, 0) is 31.0 Å². The molecule has 108 valence electrons. The lowest BCUT2D eigenvalue weighted by Gasteiger charge is -2.14. The summed E-state index contributed by atoms with van der Waals surface area (Å²) < 4.78 is 13.7. The summed E-state index contributed by atoms with van der Waals surface area (Å²) in [4.78, 5) is 22.8. The minimum Gasteiger partial charge on any atom is -0.478 e. The van der Waals surface area contributed by atoms with E-state index in [9.17, 15) is 14.0 Å². The van der Waals surface area contributed by atoms with Crippen LogP contribution in [0.5, 0.6) is 0 Å². The predicted molar refractivity (Wildman–Crippen MR) is 73.2 cm³/mol. The van der Waals surface area contributed by atoms with E-state index < -0.39 is 11.8 Å². The Morgan fingerprint density at radius 2 is 1.80 bits per heavy atom. The highest BCUT2D eigenvalue weighted by Gasteiger charge is 2.21. The third-order valence-electron chi connectivity index (χ3n) is 3.70. The predicted octanol–water partition coefficient (Wildman–Crippen LogP) is 3.43. The molecule has 20 heavy (non-hydrogen) atoms. The van der Waals surface area contributed by atoms with E-state index in [1.807, 2.05) is 0 Å². The van der Waals surface area contributed by atoms with Crippen molar-refractivity contribution in [1.29, 1.82) is 0 Å². The van der Waals surface area contributed by atoms with Gasteiger partial charge in [0.2, 0.25) is 5.91 Å². The second kappa shape index (κ2) is 6.50. The monoisotopic (exact) mass is 279 g/mol. The van der Waals surface area contributed by atoms with Gasteiger partial charge in [-0.25, -0.2) is 9.18 Å². The number of rotatable bonds is 3. The maximum Gasteiger partial charge on any atom is 0.335 e. The summed E-state index contributed by atoms with van der Waals surface area (Å²) in [6.07, 6.45) is 6.01. The van der Waals surface area contributed by atoms with Crippen LogP contribution in [-0.4, -0.2) is 17.0 Å². The molecule has 4 nitrogen and oxygen atoms in total. The van der Waals surface area contributed by atoms with Crippen molar-refractivity contribution in [3.8, 4) is 0 Å². The van der Waals surface area contributed by atoms with E-state index in [4.69, 9.17) is 5.11 Å². The molecule has 2 rings (SSSR count). The Hall–Kier alpha value is -1.91. The number of aromatic carboxylic acids is 1. The van der Waals surface area contributed by atoms with Crippen LogP contribution in [0.2, 0.25) is 0 Å². The zero-order valence-electron chi connectivity index (χ0n) is 11.2. The maximum atomic E-state index is 13.7. The van der Waals surface area contributed by atoms with Crippen LogP contribution in [-0.2, 0) is 4.79 Å². The van der Waals surface area contributed by atoms with Crippen LogP contribution in [0, 0.1) is 11.7 Å². The van der Waals surface area contributed by atoms with Gasteiger partial charge < -0.3 is 10.4 Å². The molecule has 1 amide bonds. The van der Waals surface area contributed by atoms with Crippen LogP contribution < -0.4 is 5.32 Å². The van der Waals surface area contributed by atoms with E-state index in [-0.39, 0.29) is 23.1 Å². The lowest BCUT2D eigenvalue weighted by atomic mass is 9.99. The molecule has 1 fully saturated rings. The van der Waals surface area contributed by atoms with Gasteiger partial charge >= 0.3 is 5.97 Å². The third kappa shape index (κ3) is 3.56. The molecule has 0 unspecified atom stereocenters. The fraction of sp³-hybridized carbons (Fsp3) is 0.467. The van der Waals surface area contributed by atoms with Gasteiger partial charge in [-0.2, -0.15) is 0 Å². The first-order valence-electron chi connectivity index (χ1n) is 6.91. The Kier molecular flexibility index (Phi) is 4.71. The Morgan fingerprint density at radius 1 is 1.15 bits per heavy atom. The van der Waals surface area contributed by atoms with Crippen LogP contribution in [0.25, 0.3) is 0 Å². The number of carboxylic acids is 1. The Bertz CT molecular complexity index is 508. The molecule has 0 heterocycles. The summed E-state index contributed by atoms with van der Waals surface area (Å²) in [6.45, 7) is 0. The highest BCUT2D eigenvalue weighted by Crippen LogP contribution is 2.25. The number of nitrogens with one attached hydrogen (secondary N) is 1. The summed E-state index contributed by atoms with van der Waals surface area (Å²) in [5.74, 6) is -2.15. The molecule has 0 bridgehead atoms. The van der Waals surface area contributed by atoms with E-state index in [1.165, 1.54) is 12.1 Å². The molecular formula is C15H18FNO3. The van der Waals surface area contributed by atoms with Gasteiger partial charge in [0.25, 0.3) is 0 Å². The Labute approximate surface area is 117 Å². The summed E-state index contributed by atoms with van der Waals surface area (Å²) in [5.41, 5.74) is -0.0841. The van der Waals surface area contributed by atoms with Gasteiger partial charge in [0.1, 0.15) is 5.82 Å². The van der Waals surface area contributed by atoms with Crippen molar-refractivity contribution < 1.29 is 19.1 Å². The van der Waals surface area contributed by atoms with Gasteiger partial charge in [0.05, 0.1) is 11.3 Å². The molecule has 2 N–H and O–H groups in total. The largest absolute Gasteiger partial charge is 0.478 e. The van der Waals surface area contributed by atoms with Crippen LogP contribution in [0.15, 0.2) is 18.2 Å². The van der Waals surface area contributed by atoms with Gasteiger partial charge in [-0.3, -0.25) is 4.79 Å². The first-order valence-corrected chi connectivity index (χ1v) is 6.91. The van der Waals surface area contributed by atoms with Gasteiger partial charge in [0, 0.05) is 5.92 Å². The molecule has 0 aromatic heterocycles. The summed E-state index contributed by atoms with van der Waals surface area (Å²) >= 11 is 0. The lowest BCUT2D eigenvalue weighted by Crippen LogP contribution is -2.23. The van der Waals surface area contributed by atoms with Crippen molar-refractivity contribution in [3.05, 3.63) is 29.6 Å². The number of hydrogen-bond acceptors (Lipinski definition) is 2. The standard InChI is InChI=1S/C15H18FNO3/c16-12-9-11(15(19)20)7-8-13(12)17-14(18)10-5-3-1-2-4-6-10/h7-10H,1-6H2,(H,17,18)(H,19,20). The van der Waals surface area contributed by atoms with Gasteiger partial charge in [-0.1, -0.05) is 25.7 Å². The summed E-state index contributed by atoms with van der Waals surface area (Å²) in [6, 6.07) is 3.51. The quantitative estimate of drug-likeness (QED) is 0.833. The topological polar surface area (TPSA) is 66.4 Å². The van der Waals surface area contributed by atoms with Gasteiger partial charge in [0.15, 0.2) is 0 Å². The average molecular weight is 279 g/mol. The SMILES string of the molecule is O=C(O)c1ccc(NC(=O)C2CCCCCC2)c(F)c1. The zero-order chi connectivity index (χ0) is 14.5. The van der Waals surface area contributed by atoms with E-state index in [1.54, 1.807) is 0 Å². The smallest absolute Gasteiger partial charge is 0.335 e. The minimum atomic E-state index is -1.19. The zero-order valence-corrected chi connectivity index (χ0v) is 11.2. The van der Waals surface area contributed by atoms with Gasteiger partial charge in [-0.15, -0.1) is 0 Å². The van der Waals surface area contributed by atoms with Crippen molar-refractivity contribution >= 4 is 17.6 Å². The Balaban J connectivity index is 2.05. The normalized spacial score (nSPS) is 16.4.